The monoisotopic (exact) mass is 296 g/mol. The molecule has 0 saturated heterocycles. The van der Waals surface area contributed by atoms with Gasteiger partial charge in [-0.1, -0.05) is 37.0 Å². The molecule has 100 valence electrons. The van der Waals surface area contributed by atoms with Gasteiger partial charge in [-0.25, -0.2) is 0 Å². The van der Waals surface area contributed by atoms with Crippen molar-refractivity contribution in [1.29, 1.82) is 0 Å². The second kappa shape index (κ2) is 4.39. The predicted molar refractivity (Wildman–Crippen MR) is 77.7 cm³/mol. The molecule has 0 bridgehead atoms. The zero-order chi connectivity index (χ0) is 13.6. The van der Waals surface area contributed by atoms with Gasteiger partial charge in [0.2, 0.25) is 5.95 Å². The number of rotatable bonds is 1. The van der Waals surface area contributed by atoms with Crippen molar-refractivity contribution in [3.8, 4) is 11.4 Å². The average molecular weight is 297 g/mol. The van der Waals surface area contributed by atoms with Crippen molar-refractivity contribution in [3.05, 3.63) is 28.2 Å². The molecule has 1 aliphatic rings. The lowest BCUT2D eigenvalue weighted by molar-refractivity contribution is 0.311. The molecule has 1 aliphatic heterocycles. The summed E-state index contributed by atoms with van der Waals surface area (Å²) in [5, 5.41) is 12.8. The van der Waals surface area contributed by atoms with Crippen molar-refractivity contribution in [2.75, 3.05) is 11.9 Å². The number of anilines is 1. The van der Waals surface area contributed by atoms with Crippen molar-refractivity contribution in [2.24, 2.45) is 5.41 Å². The number of hydrogen-bond acceptors (Lipinski definition) is 3. The fraction of sp³-hybridized carbons (Fsp3) is 0.385. The normalized spacial score (nSPS) is 16.8. The molecular formula is C13H14Cl2N4. The summed E-state index contributed by atoms with van der Waals surface area (Å²) in [6.45, 7) is 6.19. The Balaban J connectivity index is 2.07. The quantitative estimate of drug-likeness (QED) is 0.872. The van der Waals surface area contributed by atoms with Crippen LogP contribution in [0.1, 0.15) is 13.8 Å². The van der Waals surface area contributed by atoms with Gasteiger partial charge in [0, 0.05) is 24.1 Å². The van der Waals surface area contributed by atoms with E-state index in [2.05, 4.69) is 33.9 Å². The van der Waals surface area contributed by atoms with E-state index in [4.69, 9.17) is 23.2 Å². The lowest BCUT2D eigenvalue weighted by atomic mass is 9.92. The van der Waals surface area contributed by atoms with Crippen molar-refractivity contribution < 1.29 is 0 Å². The molecule has 0 spiro atoms. The first-order chi connectivity index (χ1) is 8.96. The number of nitrogens with zero attached hydrogens (tertiary/aromatic N) is 3. The van der Waals surface area contributed by atoms with Crippen molar-refractivity contribution >= 4 is 29.2 Å². The van der Waals surface area contributed by atoms with Crippen LogP contribution in [0, 0.1) is 5.41 Å². The van der Waals surface area contributed by atoms with Gasteiger partial charge in [0.1, 0.15) is 0 Å². The maximum absolute atomic E-state index is 6.06. The van der Waals surface area contributed by atoms with Gasteiger partial charge in [0.15, 0.2) is 5.82 Å². The smallest absolute Gasteiger partial charge is 0.224 e. The van der Waals surface area contributed by atoms with E-state index in [1.807, 2.05) is 12.1 Å². The molecule has 0 atom stereocenters. The summed E-state index contributed by atoms with van der Waals surface area (Å²) >= 11 is 12.0. The molecule has 4 nitrogen and oxygen atoms in total. The third-order valence-electron chi connectivity index (χ3n) is 3.24. The standard InChI is InChI=1S/C13H14Cl2N4/c1-13(2)6-16-12-18-17-11(19(12)7-13)8-3-4-9(14)10(15)5-8/h3-5H,6-7H2,1-2H3,(H,16,18). The van der Waals surface area contributed by atoms with Crippen molar-refractivity contribution in [3.63, 3.8) is 0 Å². The summed E-state index contributed by atoms with van der Waals surface area (Å²) in [6, 6.07) is 5.51. The highest BCUT2D eigenvalue weighted by molar-refractivity contribution is 6.42. The molecule has 3 rings (SSSR count). The molecule has 1 aromatic carbocycles. The molecule has 2 heterocycles. The molecule has 0 aliphatic carbocycles. The topological polar surface area (TPSA) is 42.7 Å². The van der Waals surface area contributed by atoms with Gasteiger partial charge in [-0.15, -0.1) is 10.2 Å². The zero-order valence-corrected chi connectivity index (χ0v) is 12.3. The first-order valence-electron chi connectivity index (χ1n) is 6.09. The number of benzene rings is 1. The van der Waals surface area contributed by atoms with Gasteiger partial charge in [-0.3, -0.25) is 4.57 Å². The second-order valence-corrected chi connectivity index (χ2v) is 6.39. The molecule has 19 heavy (non-hydrogen) atoms. The molecule has 0 radical (unpaired) electrons. The van der Waals surface area contributed by atoms with Gasteiger partial charge in [-0.2, -0.15) is 0 Å². The van der Waals surface area contributed by atoms with E-state index in [0.29, 0.717) is 10.0 Å². The molecule has 6 heteroatoms. The number of nitrogens with one attached hydrogen (secondary N) is 1. The summed E-state index contributed by atoms with van der Waals surface area (Å²) in [6.07, 6.45) is 0. The van der Waals surface area contributed by atoms with Crippen LogP contribution in [0.4, 0.5) is 5.95 Å². The van der Waals surface area contributed by atoms with Crippen LogP contribution in [0.25, 0.3) is 11.4 Å². The van der Waals surface area contributed by atoms with Crippen LogP contribution in [0.5, 0.6) is 0 Å². The predicted octanol–water partition coefficient (Wildman–Crippen LogP) is 3.70. The SMILES string of the molecule is CC1(C)CNc2nnc(-c3ccc(Cl)c(Cl)c3)n2C1. The van der Waals surface area contributed by atoms with Gasteiger partial charge in [0.05, 0.1) is 10.0 Å². The van der Waals surface area contributed by atoms with Crippen LogP contribution < -0.4 is 5.32 Å². The Morgan fingerprint density at radius 2 is 2.00 bits per heavy atom. The molecule has 0 unspecified atom stereocenters. The van der Waals surface area contributed by atoms with Crippen molar-refractivity contribution in [2.45, 2.75) is 20.4 Å². The molecule has 0 amide bonds. The maximum Gasteiger partial charge on any atom is 0.224 e. The molecule has 1 aromatic heterocycles. The zero-order valence-electron chi connectivity index (χ0n) is 10.7. The molecular weight excluding hydrogens is 283 g/mol. The van der Waals surface area contributed by atoms with E-state index < -0.39 is 0 Å². The third-order valence-corrected chi connectivity index (χ3v) is 3.98. The Kier molecular flexibility index (Phi) is 2.95. The molecule has 2 aromatic rings. The Labute approximate surface area is 121 Å². The molecule has 1 N–H and O–H groups in total. The van der Waals surface area contributed by atoms with E-state index in [0.717, 1.165) is 30.4 Å². The minimum absolute atomic E-state index is 0.167. The minimum atomic E-state index is 0.167. The van der Waals surface area contributed by atoms with Gasteiger partial charge in [0.25, 0.3) is 0 Å². The van der Waals surface area contributed by atoms with Crippen LogP contribution in [0.2, 0.25) is 10.0 Å². The van der Waals surface area contributed by atoms with Crippen molar-refractivity contribution in [1.82, 2.24) is 14.8 Å². The van der Waals surface area contributed by atoms with E-state index in [9.17, 15) is 0 Å². The molecule has 0 fully saturated rings. The Morgan fingerprint density at radius 1 is 1.21 bits per heavy atom. The highest BCUT2D eigenvalue weighted by Crippen LogP contribution is 2.32. The summed E-state index contributed by atoms with van der Waals surface area (Å²) in [7, 11) is 0. The van der Waals surface area contributed by atoms with E-state index in [-0.39, 0.29) is 5.41 Å². The minimum Gasteiger partial charge on any atom is -0.354 e. The fourth-order valence-electron chi connectivity index (χ4n) is 2.23. The highest BCUT2D eigenvalue weighted by atomic mass is 35.5. The lowest BCUT2D eigenvalue weighted by Gasteiger charge is -2.31. The summed E-state index contributed by atoms with van der Waals surface area (Å²) in [5.74, 6) is 1.62. The van der Waals surface area contributed by atoms with Crippen LogP contribution in [-0.4, -0.2) is 21.3 Å². The fourth-order valence-corrected chi connectivity index (χ4v) is 2.53. The van der Waals surface area contributed by atoms with E-state index in [1.54, 1.807) is 6.07 Å². The van der Waals surface area contributed by atoms with E-state index in [1.165, 1.54) is 0 Å². The first kappa shape index (κ1) is 12.8. The van der Waals surface area contributed by atoms with Crippen LogP contribution in [-0.2, 0) is 6.54 Å². The van der Waals surface area contributed by atoms with Gasteiger partial charge in [-0.05, 0) is 18.2 Å². The van der Waals surface area contributed by atoms with E-state index >= 15 is 0 Å². The maximum atomic E-state index is 6.06. The second-order valence-electron chi connectivity index (χ2n) is 5.58. The summed E-state index contributed by atoms with van der Waals surface area (Å²) in [5.41, 5.74) is 1.09. The number of aromatic nitrogens is 3. The Hall–Kier alpha value is -1.26. The highest BCUT2D eigenvalue weighted by Gasteiger charge is 2.28. The van der Waals surface area contributed by atoms with Gasteiger partial charge < -0.3 is 5.32 Å². The lowest BCUT2D eigenvalue weighted by Crippen LogP contribution is -2.34. The van der Waals surface area contributed by atoms with Crippen LogP contribution in [0.3, 0.4) is 0 Å². The van der Waals surface area contributed by atoms with Gasteiger partial charge >= 0.3 is 0 Å². The number of halogens is 2. The first-order valence-corrected chi connectivity index (χ1v) is 6.84. The third kappa shape index (κ3) is 2.30. The van der Waals surface area contributed by atoms with Crippen LogP contribution in [0.15, 0.2) is 18.2 Å². The Bertz CT molecular complexity index is 634. The molecule has 0 saturated carbocycles. The largest absolute Gasteiger partial charge is 0.354 e. The summed E-state index contributed by atoms with van der Waals surface area (Å²) < 4.78 is 2.09. The average Bonchev–Trinajstić information content (AvgIpc) is 2.74. The number of hydrogen-bond donors (Lipinski definition) is 1. The van der Waals surface area contributed by atoms with Crippen LogP contribution >= 0.6 is 23.2 Å². The number of fused-ring (bicyclic) bond motifs is 1. The summed E-state index contributed by atoms with van der Waals surface area (Å²) in [4.78, 5) is 0. The Morgan fingerprint density at radius 3 is 2.74 bits per heavy atom.